The van der Waals surface area contributed by atoms with E-state index in [1.807, 2.05) is 0 Å². The summed E-state index contributed by atoms with van der Waals surface area (Å²) < 4.78 is 42.6. The van der Waals surface area contributed by atoms with E-state index in [9.17, 15) is 13.2 Å². The molecular weight excluding hydrogens is 265 g/mol. The third-order valence-corrected chi connectivity index (χ3v) is 2.46. The number of benzene rings is 2. The maximum Gasteiger partial charge on any atom is 0.416 e. The molecule has 2 aromatic carbocycles. The Morgan fingerprint density at radius 3 is 2.50 bits per heavy atom. The molecule has 0 aliphatic rings. The molecule has 0 aliphatic carbocycles. The lowest BCUT2D eigenvalue weighted by Crippen LogP contribution is -2.04. The second-order valence-corrected chi connectivity index (χ2v) is 3.89. The fraction of sp³-hybridized carbons (Fsp3) is 0.0769. The highest BCUT2D eigenvalue weighted by atomic mass is 35.5. The molecule has 0 bridgehead atoms. The van der Waals surface area contributed by atoms with Gasteiger partial charge in [0.25, 0.3) is 0 Å². The van der Waals surface area contributed by atoms with Crippen LogP contribution in [0.3, 0.4) is 0 Å². The molecule has 1 nitrogen and oxygen atoms in total. The van der Waals surface area contributed by atoms with Crippen molar-refractivity contribution in [2.45, 2.75) is 6.18 Å². The van der Waals surface area contributed by atoms with Gasteiger partial charge in [0.1, 0.15) is 11.5 Å². The van der Waals surface area contributed by atoms with Crippen molar-refractivity contribution < 1.29 is 17.9 Å². The predicted molar refractivity (Wildman–Crippen MR) is 61.8 cm³/mol. The molecule has 0 aromatic heterocycles. The maximum atomic E-state index is 12.4. The van der Waals surface area contributed by atoms with E-state index >= 15 is 0 Å². The van der Waals surface area contributed by atoms with E-state index in [2.05, 4.69) is 6.07 Å². The molecule has 0 heterocycles. The Morgan fingerprint density at radius 2 is 1.94 bits per heavy atom. The Labute approximate surface area is 107 Å². The van der Waals surface area contributed by atoms with Crippen molar-refractivity contribution in [1.82, 2.24) is 0 Å². The van der Waals surface area contributed by atoms with Crippen LogP contribution in [0.5, 0.6) is 11.5 Å². The zero-order valence-corrected chi connectivity index (χ0v) is 9.72. The van der Waals surface area contributed by atoms with Gasteiger partial charge in [-0.2, -0.15) is 13.2 Å². The maximum absolute atomic E-state index is 12.4. The molecule has 93 valence electrons. The van der Waals surface area contributed by atoms with Crippen LogP contribution in [0.15, 0.2) is 42.5 Å². The molecule has 0 unspecified atom stereocenters. The predicted octanol–water partition coefficient (Wildman–Crippen LogP) is 4.95. The fourth-order valence-electron chi connectivity index (χ4n) is 1.33. The summed E-state index contributed by atoms with van der Waals surface area (Å²) in [6, 6.07) is 12.3. The number of rotatable bonds is 2. The zero-order chi connectivity index (χ0) is 13.2. The van der Waals surface area contributed by atoms with E-state index in [4.69, 9.17) is 16.3 Å². The van der Waals surface area contributed by atoms with Crippen LogP contribution in [0.25, 0.3) is 0 Å². The van der Waals surface area contributed by atoms with Gasteiger partial charge < -0.3 is 4.74 Å². The van der Waals surface area contributed by atoms with Crippen molar-refractivity contribution in [1.29, 1.82) is 0 Å². The Bertz CT molecular complexity index is 538. The van der Waals surface area contributed by atoms with Gasteiger partial charge in [-0.15, -0.1) is 0 Å². The van der Waals surface area contributed by atoms with Crippen molar-refractivity contribution in [3.05, 3.63) is 59.1 Å². The summed E-state index contributed by atoms with van der Waals surface area (Å²) in [5, 5.41) is -0.0892. The second-order valence-electron chi connectivity index (χ2n) is 3.48. The summed E-state index contributed by atoms with van der Waals surface area (Å²) >= 11 is 5.75. The Kier molecular flexibility index (Phi) is 3.48. The topological polar surface area (TPSA) is 9.23 Å². The molecule has 1 radical (unpaired) electrons. The van der Waals surface area contributed by atoms with Crippen LogP contribution in [0.2, 0.25) is 5.02 Å². The SMILES string of the molecule is FC(F)(F)c1ccc(Oc2c[c]ccc2)c(Cl)c1. The Morgan fingerprint density at radius 1 is 1.17 bits per heavy atom. The van der Waals surface area contributed by atoms with Crippen LogP contribution in [0.1, 0.15) is 5.56 Å². The molecule has 5 heteroatoms. The first kappa shape index (κ1) is 12.8. The van der Waals surface area contributed by atoms with Crippen LogP contribution >= 0.6 is 11.6 Å². The van der Waals surface area contributed by atoms with E-state index in [1.54, 1.807) is 24.3 Å². The Hall–Kier alpha value is -1.68. The minimum absolute atomic E-state index is 0.0892. The van der Waals surface area contributed by atoms with Crippen LogP contribution in [-0.2, 0) is 6.18 Å². The standard InChI is InChI=1S/C13H7ClF3O/c14-11-8-9(13(15,16)17)6-7-12(11)18-10-4-2-1-3-5-10/h1-2,4-8H. The van der Waals surface area contributed by atoms with Gasteiger partial charge >= 0.3 is 6.18 Å². The van der Waals surface area contributed by atoms with Crippen LogP contribution in [0.4, 0.5) is 13.2 Å². The minimum Gasteiger partial charge on any atom is -0.456 e. The number of halogens is 4. The third-order valence-electron chi connectivity index (χ3n) is 2.17. The molecule has 0 saturated carbocycles. The summed E-state index contributed by atoms with van der Waals surface area (Å²) in [5.41, 5.74) is -0.806. The summed E-state index contributed by atoms with van der Waals surface area (Å²) in [6.07, 6.45) is -4.41. The quantitative estimate of drug-likeness (QED) is 0.751. The van der Waals surface area contributed by atoms with Gasteiger partial charge in [0, 0.05) is 0 Å². The first-order valence-electron chi connectivity index (χ1n) is 4.97. The fourth-order valence-corrected chi connectivity index (χ4v) is 1.55. The first-order chi connectivity index (χ1) is 8.47. The molecule has 0 atom stereocenters. The molecular formula is C13H7ClF3O. The van der Waals surface area contributed by atoms with Gasteiger partial charge in [-0.05, 0) is 36.4 Å². The molecule has 0 N–H and O–H groups in total. The van der Waals surface area contributed by atoms with E-state index in [0.29, 0.717) is 5.75 Å². The van der Waals surface area contributed by atoms with Crippen molar-refractivity contribution in [3.63, 3.8) is 0 Å². The van der Waals surface area contributed by atoms with Crippen molar-refractivity contribution >= 4 is 11.6 Å². The van der Waals surface area contributed by atoms with Crippen molar-refractivity contribution in [2.75, 3.05) is 0 Å². The zero-order valence-electron chi connectivity index (χ0n) is 8.96. The molecule has 0 amide bonds. The van der Waals surface area contributed by atoms with E-state index in [0.717, 1.165) is 12.1 Å². The largest absolute Gasteiger partial charge is 0.456 e. The van der Waals surface area contributed by atoms with Gasteiger partial charge in [0.05, 0.1) is 10.6 Å². The van der Waals surface area contributed by atoms with Gasteiger partial charge in [0.15, 0.2) is 0 Å². The number of ether oxygens (including phenoxy) is 1. The second kappa shape index (κ2) is 4.90. The molecule has 0 spiro atoms. The van der Waals surface area contributed by atoms with Gasteiger partial charge in [-0.25, -0.2) is 0 Å². The highest BCUT2D eigenvalue weighted by Gasteiger charge is 2.31. The molecule has 2 aromatic rings. The van der Waals surface area contributed by atoms with Crippen LogP contribution in [0, 0.1) is 6.07 Å². The third kappa shape index (κ3) is 2.96. The monoisotopic (exact) mass is 271 g/mol. The van der Waals surface area contributed by atoms with Crippen molar-refractivity contribution in [3.8, 4) is 11.5 Å². The lowest BCUT2D eigenvalue weighted by molar-refractivity contribution is -0.137. The molecule has 0 aliphatic heterocycles. The summed E-state index contributed by atoms with van der Waals surface area (Å²) in [6.45, 7) is 0. The van der Waals surface area contributed by atoms with Crippen LogP contribution < -0.4 is 4.74 Å². The van der Waals surface area contributed by atoms with E-state index in [1.165, 1.54) is 6.07 Å². The summed E-state index contributed by atoms with van der Waals surface area (Å²) in [4.78, 5) is 0. The highest BCUT2D eigenvalue weighted by Crippen LogP contribution is 2.36. The lowest BCUT2D eigenvalue weighted by Gasteiger charge is -2.10. The van der Waals surface area contributed by atoms with Crippen molar-refractivity contribution in [2.24, 2.45) is 0 Å². The van der Waals surface area contributed by atoms with E-state index < -0.39 is 11.7 Å². The number of alkyl halides is 3. The van der Waals surface area contributed by atoms with Gasteiger partial charge in [0.2, 0.25) is 0 Å². The van der Waals surface area contributed by atoms with Gasteiger partial charge in [-0.1, -0.05) is 23.7 Å². The molecule has 0 fully saturated rings. The summed E-state index contributed by atoms with van der Waals surface area (Å²) in [7, 11) is 0. The highest BCUT2D eigenvalue weighted by molar-refractivity contribution is 6.32. The summed E-state index contributed by atoms with van der Waals surface area (Å²) in [5.74, 6) is 0.628. The average molecular weight is 272 g/mol. The molecule has 0 saturated heterocycles. The smallest absolute Gasteiger partial charge is 0.416 e. The van der Waals surface area contributed by atoms with E-state index in [-0.39, 0.29) is 10.8 Å². The lowest BCUT2D eigenvalue weighted by atomic mass is 10.2. The first-order valence-corrected chi connectivity index (χ1v) is 5.35. The number of hydrogen-bond acceptors (Lipinski definition) is 1. The molecule has 2 rings (SSSR count). The normalized spacial score (nSPS) is 11.3. The average Bonchev–Trinajstić information content (AvgIpc) is 2.32. The van der Waals surface area contributed by atoms with Gasteiger partial charge in [-0.3, -0.25) is 0 Å². The van der Waals surface area contributed by atoms with Crippen LogP contribution in [-0.4, -0.2) is 0 Å². The minimum atomic E-state index is -4.41. The number of hydrogen-bond donors (Lipinski definition) is 0. The molecule has 18 heavy (non-hydrogen) atoms. The Balaban J connectivity index is 2.26.